The molecule has 0 fully saturated rings. The van der Waals surface area contributed by atoms with Crippen LogP contribution in [0.4, 0.5) is 5.69 Å². The fourth-order valence-corrected chi connectivity index (χ4v) is 1.70. The van der Waals surface area contributed by atoms with Gasteiger partial charge in [-0.15, -0.1) is 0 Å². The van der Waals surface area contributed by atoms with Crippen LogP contribution in [0, 0.1) is 12.8 Å². The SMILES string of the molecule is Cc1ccc(NC(C)CC(C)C)cc1. The summed E-state index contributed by atoms with van der Waals surface area (Å²) in [6.07, 6.45) is 1.22. The van der Waals surface area contributed by atoms with Gasteiger partial charge in [-0.25, -0.2) is 0 Å². The summed E-state index contributed by atoms with van der Waals surface area (Å²) in [5, 5.41) is 3.50. The van der Waals surface area contributed by atoms with Gasteiger partial charge in [-0.05, 0) is 38.3 Å². The van der Waals surface area contributed by atoms with E-state index < -0.39 is 0 Å². The quantitative estimate of drug-likeness (QED) is 0.762. The average Bonchev–Trinajstić information content (AvgIpc) is 2.07. The summed E-state index contributed by atoms with van der Waals surface area (Å²) >= 11 is 0. The Labute approximate surface area is 87.5 Å². The lowest BCUT2D eigenvalue weighted by molar-refractivity contribution is 0.540. The molecule has 78 valence electrons. The van der Waals surface area contributed by atoms with Gasteiger partial charge >= 0.3 is 0 Å². The van der Waals surface area contributed by atoms with Crippen LogP contribution in [0.1, 0.15) is 32.8 Å². The monoisotopic (exact) mass is 191 g/mol. The van der Waals surface area contributed by atoms with Gasteiger partial charge in [0.25, 0.3) is 0 Å². The zero-order chi connectivity index (χ0) is 10.6. The van der Waals surface area contributed by atoms with E-state index >= 15 is 0 Å². The summed E-state index contributed by atoms with van der Waals surface area (Å²) in [5.74, 6) is 0.753. The van der Waals surface area contributed by atoms with Crippen molar-refractivity contribution in [2.75, 3.05) is 5.32 Å². The maximum absolute atomic E-state index is 3.50. The molecule has 14 heavy (non-hydrogen) atoms. The van der Waals surface area contributed by atoms with E-state index in [0.29, 0.717) is 6.04 Å². The van der Waals surface area contributed by atoms with Crippen molar-refractivity contribution in [1.82, 2.24) is 0 Å². The van der Waals surface area contributed by atoms with Crippen LogP contribution in [-0.2, 0) is 0 Å². The van der Waals surface area contributed by atoms with Crippen molar-refractivity contribution in [3.05, 3.63) is 29.8 Å². The van der Waals surface area contributed by atoms with E-state index in [4.69, 9.17) is 0 Å². The Morgan fingerprint density at radius 1 is 1.07 bits per heavy atom. The second kappa shape index (κ2) is 5.04. The molecule has 0 radical (unpaired) electrons. The molecule has 1 heteroatoms. The van der Waals surface area contributed by atoms with Gasteiger partial charge in [-0.2, -0.15) is 0 Å². The van der Waals surface area contributed by atoms with Crippen LogP contribution in [0.3, 0.4) is 0 Å². The van der Waals surface area contributed by atoms with Crippen LogP contribution in [0.2, 0.25) is 0 Å². The minimum atomic E-state index is 0.553. The molecule has 0 aliphatic carbocycles. The fraction of sp³-hybridized carbons (Fsp3) is 0.538. The van der Waals surface area contributed by atoms with Crippen LogP contribution in [0.15, 0.2) is 24.3 Å². The molecule has 0 saturated heterocycles. The Bertz CT molecular complexity index is 261. The van der Waals surface area contributed by atoms with E-state index in [-0.39, 0.29) is 0 Å². The third-order valence-corrected chi connectivity index (χ3v) is 2.29. The second-order valence-electron chi connectivity index (χ2n) is 4.54. The first kappa shape index (κ1) is 11.1. The predicted molar refractivity (Wildman–Crippen MR) is 63.7 cm³/mol. The van der Waals surface area contributed by atoms with Crippen LogP contribution >= 0.6 is 0 Å². The predicted octanol–water partition coefficient (Wildman–Crippen LogP) is 3.84. The molecule has 1 rings (SSSR count). The largest absolute Gasteiger partial charge is 0.383 e. The fourth-order valence-electron chi connectivity index (χ4n) is 1.70. The summed E-state index contributed by atoms with van der Waals surface area (Å²) < 4.78 is 0. The van der Waals surface area contributed by atoms with Crippen LogP contribution < -0.4 is 5.32 Å². The minimum absolute atomic E-state index is 0.553. The molecule has 0 aromatic heterocycles. The average molecular weight is 191 g/mol. The number of rotatable bonds is 4. The summed E-state index contributed by atoms with van der Waals surface area (Å²) in [6, 6.07) is 9.13. The molecule has 0 spiro atoms. The molecule has 1 nitrogen and oxygen atoms in total. The number of aryl methyl sites for hydroxylation is 1. The van der Waals surface area contributed by atoms with Gasteiger partial charge in [0.15, 0.2) is 0 Å². The highest BCUT2D eigenvalue weighted by Gasteiger charge is 2.03. The third kappa shape index (κ3) is 3.82. The van der Waals surface area contributed by atoms with Gasteiger partial charge in [-0.1, -0.05) is 31.5 Å². The number of nitrogens with one attached hydrogen (secondary N) is 1. The number of benzene rings is 1. The Balaban J connectivity index is 2.47. The Kier molecular flexibility index (Phi) is 3.99. The highest BCUT2D eigenvalue weighted by Crippen LogP contribution is 2.13. The molecule has 0 aliphatic heterocycles. The van der Waals surface area contributed by atoms with Crippen molar-refractivity contribution < 1.29 is 0 Å². The van der Waals surface area contributed by atoms with Crippen molar-refractivity contribution in [2.45, 2.75) is 40.2 Å². The summed E-state index contributed by atoms with van der Waals surface area (Å²) in [5.41, 5.74) is 2.54. The van der Waals surface area contributed by atoms with E-state index in [0.717, 1.165) is 5.92 Å². The zero-order valence-electron chi connectivity index (χ0n) is 9.67. The van der Waals surface area contributed by atoms with Crippen LogP contribution in [0.25, 0.3) is 0 Å². The van der Waals surface area contributed by atoms with Crippen molar-refractivity contribution >= 4 is 5.69 Å². The lowest BCUT2D eigenvalue weighted by Gasteiger charge is -2.17. The molecular formula is C13H21N. The maximum Gasteiger partial charge on any atom is 0.0342 e. The van der Waals surface area contributed by atoms with E-state index in [1.807, 2.05) is 0 Å². The molecule has 0 aliphatic rings. The Morgan fingerprint density at radius 2 is 1.64 bits per heavy atom. The molecule has 0 heterocycles. The molecule has 1 aromatic carbocycles. The summed E-state index contributed by atoms with van der Waals surface area (Å²) in [6.45, 7) is 8.86. The van der Waals surface area contributed by atoms with Gasteiger partial charge in [0, 0.05) is 11.7 Å². The van der Waals surface area contributed by atoms with E-state index in [1.54, 1.807) is 0 Å². The second-order valence-corrected chi connectivity index (χ2v) is 4.54. The Morgan fingerprint density at radius 3 is 2.14 bits per heavy atom. The van der Waals surface area contributed by atoms with Gasteiger partial charge < -0.3 is 5.32 Å². The maximum atomic E-state index is 3.50. The van der Waals surface area contributed by atoms with Crippen LogP contribution in [0.5, 0.6) is 0 Å². The zero-order valence-corrected chi connectivity index (χ0v) is 9.67. The molecule has 0 bridgehead atoms. The molecule has 1 unspecified atom stereocenters. The van der Waals surface area contributed by atoms with Gasteiger partial charge in [0.2, 0.25) is 0 Å². The number of anilines is 1. The highest BCUT2D eigenvalue weighted by atomic mass is 14.9. The molecular weight excluding hydrogens is 170 g/mol. The standard InChI is InChI=1S/C13H21N/c1-10(2)9-12(4)14-13-7-5-11(3)6-8-13/h5-8,10,12,14H,9H2,1-4H3. The first-order chi connectivity index (χ1) is 6.58. The van der Waals surface area contributed by atoms with Crippen LogP contribution in [-0.4, -0.2) is 6.04 Å². The van der Waals surface area contributed by atoms with Crippen molar-refractivity contribution in [2.24, 2.45) is 5.92 Å². The molecule has 1 atom stereocenters. The topological polar surface area (TPSA) is 12.0 Å². The molecule has 1 aromatic rings. The van der Waals surface area contributed by atoms with E-state index in [1.165, 1.54) is 17.7 Å². The molecule has 0 saturated carbocycles. The molecule has 1 N–H and O–H groups in total. The first-order valence-electron chi connectivity index (χ1n) is 5.41. The summed E-state index contributed by atoms with van der Waals surface area (Å²) in [4.78, 5) is 0. The lowest BCUT2D eigenvalue weighted by Crippen LogP contribution is -2.17. The van der Waals surface area contributed by atoms with Gasteiger partial charge in [0.1, 0.15) is 0 Å². The Hall–Kier alpha value is -0.980. The lowest BCUT2D eigenvalue weighted by atomic mass is 10.0. The van der Waals surface area contributed by atoms with E-state index in [2.05, 4.69) is 57.3 Å². The number of hydrogen-bond donors (Lipinski definition) is 1. The number of hydrogen-bond acceptors (Lipinski definition) is 1. The first-order valence-corrected chi connectivity index (χ1v) is 5.41. The highest BCUT2D eigenvalue weighted by molar-refractivity contribution is 5.44. The van der Waals surface area contributed by atoms with Crippen molar-refractivity contribution in [3.63, 3.8) is 0 Å². The van der Waals surface area contributed by atoms with Gasteiger partial charge in [-0.3, -0.25) is 0 Å². The van der Waals surface area contributed by atoms with E-state index in [9.17, 15) is 0 Å². The van der Waals surface area contributed by atoms with Crippen molar-refractivity contribution in [1.29, 1.82) is 0 Å². The van der Waals surface area contributed by atoms with Gasteiger partial charge in [0.05, 0.1) is 0 Å². The summed E-state index contributed by atoms with van der Waals surface area (Å²) in [7, 11) is 0. The minimum Gasteiger partial charge on any atom is -0.383 e. The van der Waals surface area contributed by atoms with Crippen molar-refractivity contribution in [3.8, 4) is 0 Å². The smallest absolute Gasteiger partial charge is 0.0342 e. The third-order valence-electron chi connectivity index (χ3n) is 2.29. The molecule has 0 amide bonds. The normalized spacial score (nSPS) is 12.9.